The number of rotatable bonds is 6. The van der Waals surface area contributed by atoms with E-state index in [1.165, 1.54) is 6.07 Å². The first-order valence-corrected chi connectivity index (χ1v) is 7.81. The Kier molecular flexibility index (Phi) is 5.43. The summed E-state index contributed by atoms with van der Waals surface area (Å²) >= 11 is 0. The number of carboxylic acids is 1. The maximum absolute atomic E-state index is 13.8. The molecule has 0 spiro atoms. The smallest absolute Gasteiger partial charge is 0.326 e. The Bertz CT molecular complexity index is 792. The largest absolute Gasteiger partial charge is 0.480 e. The molecule has 2 rings (SSSR count). The lowest BCUT2D eigenvalue weighted by Crippen LogP contribution is -2.40. The van der Waals surface area contributed by atoms with Crippen molar-refractivity contribution in [3.05, 3.63) is 34.9 Å². The molecule has 0 aliphatic heterocycles. The van der Waals surface area contributed by atoms with Gasteiger partial charge in [0.15, 0.2) is 0 Å². The van der Waals surface area contributed by atoms with E-state index in [4.69, 9.17) is 0 Å². The normalized spacial score (nSPS) is 12.2. The zero-order valence-corrected chi connectivity index (χ0v) is 13.9. The molecule has 0 bridgehead atoms. The van der Waals surface area contributed by atoms with Crippen LogP contribution in [-0.4, -0.2) is 33.0 Å². The zero-order valence-electron chi connectivity index (χ0n) is 13.9. The zero-order chi connectivity index (χ0) is 17.9. The number of carboxylic acid groups (broad SMARTS) is 1. The molecule has 2 aromatic rings. The van der Waals surface area contributed by atoms with Gasteiger partial charge in [-0.05, 0) is 26.3 Å². The molecule has 1 amide bonds. The summed E-state index contributed by atoms with van der Waals surface area (Å²) in [5, 5.41) is 11.7. The molecule has 24 heavy (non-hydrogen) atoms. The molecular weight excluding hydrogens is 313 g/mol. The van der Waals surface area contributed by atoms with Crippen LogP contribution < -0.4 is 5.32 Å². The minimum absolute atomic E-state index is 0.0108. The molecule has 7 heteroatoms. The van der Waals surface area contributed by atoms with Crippen molar-refractivity contribution in [2.24, 2.45) is 0 Å². The van der Waals surface area contributed by atoms with Gasteiger partial charge < -0.3 is 10.4 Å². The number of halogens is 1. The van der Waals surface area contributed by atoms with Gasteiger partial charge in [0.1, 0.15) is 17.4 Å². The Morgan fingerprint density at radius 2 is 1.92 bits per heavy atom. The van der Waals surface area contributed by atoms with Crippen molar-refractivity contribution in [3.63, 3.8) is 0 Å². The highest BCUT2D eigenvalue weighted by Gasteiger charge is 2.22. The molecule has 0 aliphatic carbocycles. The third kappa shape index (κ3) is 3.84. The van der Waals surface area contributed by atoms with Crippen molar-refractivity contribution in [1.82, 2.24) is 15.3 Å². The van der Waals surface area contributed by atoms with Crippen LogP contribution in [0.25, 0.3) is 11.0 Å². The SMILES string of the molecule is CCCC[C@H](NC(=O)c1cc(F)cc2nc(C)c(C)nc12)C(=O)O. The lowest BCUT2D eigenvalue weighted by molar-refractivity contribution is -0.139. The summed E-state index contributed by atoms with van der Waals surface area (Å²) in [4.78, 5) is 32.3. The molecule has 1 heterocycles. The predicted octanol–water partition coefficient (Wildman–Crippen LogP) is 2.76. The number of unbranched alkanes of at least 4 members (excludes halogenated alkanes) is 1. The molecule has 6 nitrogen and oxygen atoms in total. The van der Waals surface area contributed by atoms with Gasteiger partial charge in [0, 0.05) is 6.07 Å². The molecule has 2 N–H and O–H groups in total. The van der Waals surface area contributed by atoms with Gasteiger partial charge >= 0.3 is 5.97 Å². The summed E-state index contributed by atoms with van der Waals surface area (Å²) in [5.74, 6) is -2.40. The van der Waals surface area contributed by atoms with Crippen molar-refractivity contribution in [3.8, 4) is 0 Å². The molecule has 0 radical (unpaired) electrons. The summed E-state index contributed by atoms with van der Waals surface area (Å²) in [6.07, 6.45) is 1.79. The number of aliphatic carboxylic acids is 1. The van der Waals surface area contributed by atoms with E-state index in [0.717, 1.165) is 12.5 Å². The van der Waals surface area contributed by atoms with E-state index < -0.39 is 23.7 Å². The summed E-state index contributed by atoms with van der Waals surface area (Å²) in [7, 11) is 0. The topological polar surface area (TPSA) is 92.2 Å². The highest BCUT2D eigenvalue weighted by molar-refractivity contribution is 6.05. The van der Waals surface area contributed by atoms with Crippen LogP contribution in [0.5, 0.6) is 0 Å². The molecule has 0 saturated heterocycles. The first-order chi connectivity index (χ1) is 11.3. The average Bonchev–Trinajstić information content (AvgIpc) is 2.51. The highest BCUT2D eigenvalue weighted by atomic mass is 19.1. The minimum atomic E-state index is -1.12. The van der Waals surface area contributed by atoms with Gasteiger partial charge in [-0.3, -0.25) is 4.79 Å². The van der Waals surface area contributed by atoms with Gasteiger partial charge in [-0.1, -0.05) is 19.8 Å². The van der Waals surface area contributed by atoms with Crippen LogP contribution in [0.1, 0.15) is 47.9 Å². The number of aryl methyl sites for hydroxylation is 2. The number of hydrogen-bond donors (Lipinski definition) is 2. The number of benzene rings is 1. The maximum Gasteiger partial charge on any atom is 0.326 e. The molecule has 0 fully saturated rings. The molecule has 1 aromatic carbocycles. The number of nitrogens with one attached hydrogen (secondary N) is 1. The number of aromatic nitrogens is 2. The molecule has 1 aromatic heterocycles. The first-order valence-electron chi connectivity index (χ1n) is 7.81. The van der Waals surface area contributed by atoms with Gasteiger partial charge in [0.05, 0.1) is 22.5 Å². The van der Waals surface area contributed by atoms with Crippen LogP contribution in [0.4, 0.5) is 4.39 Å². The molecule has 1 atom stereocenters. The fourth-order valence-electron chi connectivity index (χ4n) is 2.37. The number of carbonyl (C=O) groups excluding carboxylic acids is 1. The number of nitrogens with zero attached hydrogens (tertiary/aromatic N) is 2. The van der Waals surface area contributed by atoms with E-state index in [2.05, 4.69) is 15.3 Å². The van der Waals surface area contributed by atoms with Gasteiger partial charge in [0.25, 0.3) is 5.91 Å². The number of carbonyl (C=O) groups is 2. The van der Waals surface area contributed by atoms with Gasteiger partial charge in [-0.15, -0.1) is 0 Å². The van der Waals surface area contributed by atoms with Crippen LogP contribution in [-0.2, 0) is 4.79 Å². The Hall–Kier alpha value is -2.57. The first kappa shape index (κ1) is 17.8. The van der Waals surface area contributed by atoms with E-state index in [0.29, 0.717) is 24.2 Å². The van der Waals surface area contributed by atoms with Gasteiger partial charge in [-0.2, -0.15) is 0 Å². The van der Waals surface area contributed by atoms with Crippen LogP contribution in [0.2, 0.25) is 0 Å². The Labute approximate surface area is 139 Å². The van der Waals surface area contributed by atoms with E-state index in [1.807, 2.05) is 6.92 Å². The quantitative estimate of drug-likeness (QED) is 0.848. The Balaban J connectivity index is 2.41. The van der Waals surface area contributed by atoms with E-state index >= 15 is 0 Å². The second-order valence-electron chi connectivity index (χ2n) is 5.72. The van der Waals surface area contributed by atoms with Gasteiger partial charge in [0.2, 0.25) is 0 Å². The number of amides is 1. The number of hydrogen-bond acceptors (Lipinski definition) is 4. The summed E-state index contributed by atoms with van der Waals surface area (Å²) < 4.78 is 13.8. The molecule has 0 saturated carbocycles. The molecule has 0 aliphatic rings. The van der Waals surface area contributed by atoms with Crippen LogP contribution in [0.15, 0.2) is 12.1 Å². The van der Waals surface area contributed by atoms with Crippen molar-refractivity contribution < 1.29 is 19.1 Å². The fourth-order valence-corrected chi connectivity index (χ4v) is 2.37. The summed E-state index contributed by atoms with van der Waals surface area (Å²) in [6.45, 7) is 5.42. The van der Waals surface area contributed by atoms with Crippen molar-refractivity contribution in [1.29, 1.82) is 0 Å². The van der Waals surface area contributed by atoms with Gasteiger partial charge in [-0.25, -0.2) is 19.2 Å². The predicted molar refractivity (Wildman–Crippen MR) is 87.4 cm³/mol. The highest BCUT2D eigenvalue weighted by Crippen LogP contribution is 2.19. The van der Waals surface area contributed by atoms with Crippen molar-refractivity contribution in [2.45, 2.75) is 46.1 Å². The minimum Gasteiger partial charge on any atom is -0.480 e. The second-order valence-corrected chi connectivity index (χ2v) is 5.72. The Morgan fingerprint density at radius 3 is 2.54 bits per heavy atom. The lowest BCUT2D eigenvalue weighted by atomic mass is 10.1. The summed E-state index contributed by atoms with van der Waals surface area (Å²) in [5.41, 5.74) is 1.79. The lowest BCUT2D eigenvalue weighted by Gasteiger charge is -2.15. The fraction of sp³-hybridized carbons (Fsp3) is 0.412. The van der Waals surface area contributed by atoms with Crippen LogP contribution >= 0.6 is 0 Å². The number of fused-ring (bicyclic) bond motifs is 1. The van der Waals surface area contributed by atoms with Crippen LogP contribution in [0.3, 0.4) is 0 Å². The van der Waals surface area contributed by atoms with E-state index in [-0.39, 0.29) is 16.6 Å². The molecule has 0 unspecified atom stereocenters. The molecular formula is C17H20FN3O3. The third-order valence-corrected chi connectivity index (χ3v) is 3.84. The summed E-state index contributed by atoms with van der Waals surface area (Å²) in [6, 6.07) is 1.24. The van der Waals surface area contributed by atoms with E-state index in [9.17, 15) is 19.1 Å². The maximum atomic E-state index is 13.8. The van der Waals surface area contributed by atoms with E-state index in [1.54, 1.807) is 13.8 Å². The van der Waals surface area contributed by atoms with Crippen LogP contribution in [0, 0.1) is 19.7 Å². The van der Waals surface area contributed by atoms with Crippen molar-refractivity contribution in [2.75, 3.05) is 0 Å². The third-order valence-electron chi connectivity index (χ3n) is 3.84. The molecule has 128 valence electrons. The monoisotopic (exact) mass is 333 g/mol. The average molecular weight is 333 g/mol. The second kappa shape index (κ2) is 7.33. The Morgan fingerprint density at radius 1 is 1.25 bits per heavy atom. The van der Waals surface area contributed by atoms with Crippen molar-refractivity contribution >= 4 is 22.9 Å². The standard InChI is InChI=1S/C17H20FN3O3/c1-4-5-6-13(17(23)24)21-16(22)12-7-11(18)8-14-15(12)20-10(3)9(2)19-14/h7-8,13H,4-6H2,1-3H3,(H,21,22)(H,23,24)/t13-/m0/s1.